The molecule has 3 rings (SSSR count). The van der Waals surface area contributed by atoms with E-state index in [1.165, 1.54) is 12.8 Å². The second kappa shape index (κ2) is 2.18. The monoisotopic (exact) mass is 180 g/mol. The lowest BCUT2D eigenvalue weighted by atomic mass is 9.66. The minimum Gasteiger partial charge on any atom is -0.388 e. The van der Waals surface area contributed by atoms with E-state index in [0.717, 1.165) is 13.0 Å². The van der Waals surface area contributed by atoms with Crippen LogP contribution in [0.4, 0.5) is 0 Å². The molecule has 0 aromatic carbocycles. The van der Waals surface area contributed by atoms with E-state index >= 15 is 0 Å². The van der Waals surface area contributed by atoms with Crippen LogP contribution in [-0.2, 0) is 4.74 Å². The Kier molecular flexibility index (Phi) is 1.34. The summed E-state index contributed by atoms with van der Waals surface area (Å²) in [5.41, 5.74) is -0.000764. The van der Waals surface area contributed by atoms with Gasteiger partial charge in [0.25, 0.3) is 0 Å². The Morgan fingerprint density at radius 3 is 3.15 bits per heavy atom. The molecule has 1 N–H and O–H groups in total. The fraction of sp³-hybridized carbons (Fsp3) is 0.818. The Bertz CT molecular complexity index is 273. The fourth-order valence-electron chi connectivity index (χ4n) is 3.60. The number of hydrogen-bond acceptors (Lipinski definition) is 2. The third-order valence-electron chi connectivity index (χ3n) is 4.37. The predicted octanol–water partition coefficient (Wildman–Crippen LogP) is 1.49. The van der Waals surface area contributed by atoms with Crippen molar-refractivity contribution in [2.75, 3.05) is 6.61 Å². The molecule has 3 aliphatic rings. The van der Waals surface area contributed by atoms with Gasteiger partial charge in [-0.05, 0) is 19.8 Å². The maximum atomic E-state index is 10.0. The smallest absolute Gasteiger partial charge is 0.0870 e. The molecule has 0 spiro atoms. The van der Waals surface area contributed by atoms with Crippen molar-refractivity contribution in [3.8, 4) is 0 Å². The van der Waals surface area contributed by atoms with Crippen LogP contribution in [0.15, 0.2) is 12.2 Å². The number of hydrogen-bond donors (Lipinski definition) is 1. The molecule has 2 nitrogen and oxygen atoms in total. The molecule has 0 aromatic rings. The molecule has 13 heavy (non-hydrogen) atoms. The summed E-state index contributed by atoms with van der Waals surface area (Å²) in [6, 6.07) is 0. The molecule has 1 heterocycles. The molecule has 1 saturated heterocycles. The second-order valence-electron chi connectivity index (χ2n) is 4.95. The highest BCUT2D eigenvalue weighted by molar-refractivity contribution is 5.24. The number of rotatable bonds is 0. The van der Waals surface area contributed by atoms with Gasteiger partial charge in [0.1, 0.15) is 0 Å². The highest BCUT2D eigenvalue weighted by atomic mass is 16.5. The number of aliphatic hydroxyl groups is 1. The zero-order chi connectivity index (χ0) is 9.10. The largest absolute Gasteiger partial charge is 0.388 e. The second-order valence-corrected chi connectivity index (χ2v) is 4.95. The molecule has 4 atom stereocenters. The summed E-state index contributed by atoms with van der Waals surface area (Å²) in [5, 5.41) is 10.0. The van der Waals surface area contributed by atoms with Gasteiger partial charge in [0.2, 0.25) is 0 Å². The summed E-state index contributed by atoms with van der Waals surface area (Å²) in [7, 11) is 0. The molecule has 0 aromatic heterocycles. The van der Waals surface area contributed by atoms with Crippen LogP contribution >= 0.6 is 0 Å². The quantitative estimate of drug-likeness (QED) is 0.572. The maximum absolute atomic E-state index is 10.0. The van der Waals surface area contributed by atoms with Crippen LogP contribution in [0.2, 0.25) is 0 Å². The molecule has 1 aliphatic heterocycles. The Balaban J connectivity index is 2.12. The van der Waals surface area contributed by atoms with Crippen molar-refractivity contribution in [2.45, 2.75) is 37.9 Å². The first kappa shape index (κ1) is 8.01. The Labute approximate surface area is 78.6 Å². The van der Waals surface area contributed by atoms with E-state index in [1.54, 1.807) is 0 Å². The van der Waals surface area contributed by atoms with Crippen molar-refractivity contribution in [1.29, 1.82) is 0 Å². The maximum Gasteiger partial charge on any atom is 0.0870 e. The van der Waals surface area contributed by atoms with Gasteiger partial charge in [-0.2, -0.15) is 0 Å². The Morgan fingerprint density at radius 2 is 2.38 bits per heavy atom. The van der Waals surface area contributed by atoms with Crippen LogP contribution in [0.5, 0.6) is 0 Å². The first-order valence-corrected chi connectivity index (χ1v) is 5.19. The summed E-state index contributed by atoms with van der Waals surface area (Å²) in [6.07, 6.45) is 7.35. The third kappa shape index (κ3) is 0.767. The lowest BCUT2D eigenvalue weighted by Crippen LogP contribution is -2.44. The van der Waals surface area contributed by atoms with Crippen molar-refractivity contribution in [3.05, 3.63) is 12.2 Å². The SMILES string of the molecule is CC12C=CC(O)C3(CCCC13)CO2. The summed E-state index contributed by atoms with van der Waals surface area (Å²) in [4.78, 5) is 0. The first-order valence-electron chi connectivity index (χ1n) is 5.19. The van der Waals surface area contributed by atoms with E-state index in [2.05, 4.69) is 13.0 Å². The van der Waals surface area contributed by atoms with Gasteiger partial charge in [-0.25, -0.2) is 0 Å². The topological polar surface area (TPSA) is 29.5 Å². The van der Waals surface area contributed by atoms with Crippen LogP contribution in [-0.4, -0.2) is 23.4 Å². The van der Waals surface area contributed by atoms with Crippen molar-refractivity contribution in [1.82, 2.24) is 0 Å². The molecule has 2 aliphatic carbocycles. The lowest BCUT2D eigenvalue weighted by molar-refractivity contribution is 0.0337. The van der Waals surface area contributed by atoms with Gasteiger partial charge in [0, 0.05) is 11.3 Å². The minimum absolute atomic E-state index is 0.0729. The molecule has 0 amide bonds. The highest BCUT2D eigenvalue weighted by Gasteiger charge is 2.61. The van der Waals surface area contributed by atoms with Gasteiger partial charge in [-0.15, -0.1) is 0 Å². The van der Waals surface area contributed by atoms with Crippen molar-refractivity contribution < 1.29 is 9.84 Å². The van der Waals surface area contributed by atoms with E-state index in [9.17, 15) is 5.11 Å². The van der Waals surface area contributed by atoms with Gasteiger partial charge in [-0.3, -0.25) is 0 Å². The standard InChI is InChI=1S/C11H16O2/c1-10-6-4-9(12)11(7-13-10)5-2-3-8(10)11/h4,6,8-9,12H,2-3,5,7H2,1H3. The molecule has 72 valence electrons. The van der Waals surface area contributed by atoms with E-state index in [1.807, 2.05) is 6.08 Å². The fourth-order valence-corrected chi connectivity index (χ4v) is 3.60. The van der Waals surface area contributed by atoms with Gasteiger partial charge in [-0.1, -0.05) is 18.6 Å². The summed E-state index contributed by atoms with van der Waals surface area (Å²) in [6.45, 7) is 2.91. The van der Waals surface area contributed by atoms with Gasteiger partial charge in [0.05, 0.1) is 18.3 Å². The molecule has 2 bridgehead atoms. The van der Waals surface area contributed by atoms with E-state index in [4.69, 9.17) is 4.74 Å². The molecule has 2 heteroatoms. The van der Waals surface area contributed by atoms with Crippen molar-refractivity contribution >= 4 is 0 Å². The minimum atomic E-state index is -0.268. The van der Waals surface area contributed by atoms with Crippen LogP contribution in [0, 0.1) is 11.3 Å². The Hall–Kier alpha value is -0.340. The molecule has 4 unspecified atom stereocenters. The van der Waals surface area contributed by atoms with Crippen LogP contribution < -0.4 is 0 Å². The molecule has 1 saturated carbocycles. The summed E-state index contributed by atoms with van der Waals surface area (Å²) >= 11 is 0. The van der Waals surface area contributed by atoms with Crippen LogP contribution in [0.1, 0.15) is 26.2 Å². The summed E-state index contributed by atoms with van der Waals surface area (Å²) in [5.74, 6) is 0.556. The zero-order valence-electron chi connectivity index (χ0n) is 7.99. The van der Waals surface area contributed by atoms with Gasteiger partial charge >= 0.3 is 0 Å². The summed E-state index contributed by atoms with van der Waals surface area (Å²) < 4.78 is 5.85. The van der Waals surface area contributed by atoms with Crippen LogP contribution in [0.3, 0.4) is 0 Å². The molecular formula is C11H16O2. The molecular weight excluding hydrogens is 164 g/mol. The average Bonchev–Trinajstić information content (AvgIpc) is 2.61. The normalized spacial score (nSPS) is 58.3. The third-order valence-corrected chi connectivity index (χ3v) is 4.37. The number of ether oxygens (including phenoxy) is 1. The van der Waals surface area contributed by atoms with Gasteiger partial charge < -0.3 is 9.84 Å². The van der Waals surface area contributed by atoms with E-state index < -0.39 is 0 Å². The molecule has 0 radical (unpaired) electrons. The highest BCUT2D eigenvalue weighted by Crippen LogP contribution is 2.59. The van der Waals surface area contributed by atoms with Crippen LogP contribution in [0.25, 0.3) is 0 Å². The van der Waals surface area contributed by atoms with Gasteiger partial charge in [0.15, 0.2) is 0 Å². The predicted molar refractivity (Wildman–Crippen MR) is 49.3 cm³/mol. The van der Waals surface area contributed by atoms with Crippen molar-refractivity contribution in [3.63, 3.8) is 0 Å². The van der Waals surface area contributed by atoms with E-state index in [0.29, 0.717) is 5.92 Å². The average molecular weight is 180 g/mol. The lowest BCUT2D eigenvalue weighted by Gasteiger charge is -2.38. The zero-order valence-corrected chi connectivity index (χ0v) is 7.99. The first-order chi connectivity index (χ1) is 6.17. The Morgan fingerprint density at radius 1 is 1.54 bits per heavy atom. The molecule has 2 fully saturated rings. The van der Waals surface area contributed by atoms with E-state index in [-0.39, 0.29) is 17.1 Å². The number of aliphatic hydroxyl groups excluding tert-OH is 1. The van der Waals surface area contributed by atoms with Crippen molar-refractivity contribution in [2.24, 2.45) is 11.3 Å².